The van der Waals surface area contributed by atoms with Crippen molar-refractivity contribution in [1.29, 1.82) is 0 Å². The molecule has 27 heavy (non-hydrogen) atoms. The number of hydrogen-bond donors (Lipinski definition) is 3. The Labute approximate surface area is 162 Å². The van der Waals surface area contributed by atoms with E-state index in [4.69, 9.17) is 4.74 Å². The van der Waals surface area contributed by atoms with E-state index in [1.165, 1.54) is 11.8 Å². The van der Waals surface area contributed by atoms with Gasteiger partial charge >= 0.3 is 0 Å². The zero-order valence-corrected chi connectivity index (χ0v) is 16.2. The maximum absolute atomic E-state index is 12.6. The first-order valence-electron chi connectivity index (χ1n) is 8.63. The third kappa shape index (κ3) is 4.26. The van der Waals surface area contributed by atoms with E-state index in [0.717, 1.165) is 4.90 Å². The van der Waals surface area contributed by atoms with Gasteiger partial charge in [0.05, 0.1) is 30.2 Å². The van der Waals surface area contributed by atoms with Crippen LogP contribution in [0.25, 0.3) is 0 Å². The van der Waals surface area contributed by atoms with Crippen molar-refractivity contribution in [2.45, 2.75) is 36.1 Å². The Morgan fingerprint density at radius 3 is 2.63 bits per heavy atom. The van der Waals surface area contributed by atoms with Gasteiger partial charge in [-0.25, -0.2) is 0 Å². The van der Waals surface area contributed by atoms with Gasteiger partial charge in [-0.3, -0.25) is 9.59 Å². The standard InChI is InChI=1S/C20H22N2O4S/c1-11(18(23)13-4-7-15(26-3)8-5-13)21-20(25)14-6-9-17-16(10-14)22-19(24)12(2)27-17/h4-12,18,23H,1-3H3,(H,21,25)(H,22,24)/t11-,12-,18+/m0/s1. The molecule has 2 amide bonds. The Hall–Kier alpha value is -2.51. The highest BCUT2D eigenvalue weighted by molar-refractivity contribution is 8.00. The lowest BCUT2D eigenvalue weighted by Crippen LogP contribution is -2.37. The van der Waals surface area contributed by atoms with Crippen LogP contribution in [0.15, 0.2) is 47.4 Å². The highest BCUT2D eigenvalue weighted by Gasteiger charge is 2.25. The van der Waals surface area contributed by atoms with Crippen molar-refractivity contribution in [3.8, 4) is 5.75 Å². The van der Waals surface area contributed by atoms with E-state index < -0.39 is 12.1 Å². The monoisotopic (exact) mass is 386 g/mol. The molecule has 0 spiro atoms. The maximum Gasteiger partial charge on any atom is 0.251 e. The number of anilines is 1. The topological polar surface area (TPSA) is 87.7 Å². The van der Waals surface area contributed by atoms with Crippen molar-refractivity contribution in [3.63, 3.8) is 0 Å². The van der Waals surface area contributed by atoms with Gasteiger partial charge in [0.25, 0.3) is 5.91 Å². The molecule has 0 aromatic heterocycles. The van der Waals surface area contributed by atoms with Crippen molar-refractivity contribution in [3.05, 3.63) is 53.6 Å². The molecule has 142 valence electrons. The zero-order valence-electron chi connectivity index (χ0n) is 15.4. The fourth-order valence-corrected chi connectivity index (χ4v) is 3.74. The average Bonchev–Trinajstić information content (AvgIpc) is 2.68. The molecule has 0 unspecified atom stereocenters. The van der Waals surface area contributed by atoms with Crippen molar-refractivity contribution in [2.24, 2.45) is 0 Å². The lowest BCUT2D eigenvalue weighted by molar-refractivity contribution is -0.115. The molecule has 2 aromatic carbocycles. The summed E-state index contributed by atoms with van der Waals surface area (Å²) in [6.07, 6.45) is -0.853. The third-order valence-electron chi connectivity index (χ3n) is 4.46. The predicted octanol–water partition coefficient (Wildman–Crippen LogP) is 2.98. The SMILES string of the molecule is COc1ccc([C@H](O)[C@H](C)NC(=O)c2ccc3c(c2)NC(=O)[C@H](C)S3)cc1. The van der Waals surface area contributed by atoms with Crippen LogP contribution in [0.5, 0.6) is 5.75 Å². The molecule has 0 fully saturated rings. The molecule has 0 aliphatic carbocycles. The second kappa shape index (κ2) is 8.02. The molecule has 0 saturated heterocycles. The fraction of sp³-hybridized carbons (Fsp3) is 0.300. The van der Waals surface area contributed by atoms with Crippen LogP contribution in [0, 0.1) is 0 Å². The minimum Gasteiger partial charge on any atom is -0.497 e. The molecule has 0 radical (unpaired) electrons. The first kappa shape index (κ1) is 19.3. The number of aliphatic hydroxyl groups is 1. The van der Waals surface area contributed by atoms with E-state index >= 15 is 0 Å². The van der Waals surface area contributed by atoms with Crippen molar-refractivity contribution < 1.29 is 19.4 Å². The Bertz CT molecular complexity index is 854. The number of aliphatic hydroxyl groups excluding tert-OH is 1. The summed E-state index contributed by atoms with van der Waals surface area (Å²) in [5.74, 6) is 0.315. The predicted molar refractivity (Wildman–Crippen MR) is 105 cm³/mol. The summed E-state index contributed by atoms with van der Waals surface area (Å²) in [5, 5.41) is 16.0. The fourth-order valence-electron chi connectivity index (χ4n) is 2.81. The summed E-state index contributed by atoms with van der Waals surface area (Å²) < 4.78 is 5.11. The Balaban J connectivity index is 1.69. The van der Waals surface area contributed by atoms with Crippen molar-refractivity contribution >= 4 is 29.3 Å². The van der Waals surface area contributed by atoms with Gasteiger partial charge in [0, 0.05) is 10.5 Å². The number of amides is 2. The summed E-state index contributed by atoms with van der Waals surface area (Å²) in [4.78, 5) is 25.3. The van der Waals surface area contributed by atoms with Gasteiger partial charge in [0.15, 0.2) is 0 Å². The van der Waals surface area contributed by atoms with Gasteiger partial charge < -0.3 is 20.5 Å². The van der Waals surface area contributed by atoms with Crippen LogP contribution < -0.4 is 15.4 Å². The van der Waals surface area contributed by atoms with E-state index in [1.807, 2.05) is 13.0 Å². The molecule has 1 aliphatic rings. The molecular weight excluding hydrogens is 364 g/mol. The van der Waals surface area contributed by atoms with Crippen LogP contribution in [0.2, 0.25) is 0 Å². The van der Waals surface area contributed by atoms with E-state index in [1.54, 1.807) is 50.4 Å². The number of ether oxygens (including phenoxy) is 1. The first-order chi connectivity index (χ1) is 12.9. The van der Waals surface area contributed by atoms with Crippen LogP contribution in [0.4, 0.5) is 5.69 Å². The van der Waals surface area contributed by atoms with E-state index in [2.05, 4.69) is 10.6 Å². The highest BCUT2D eigenvalue weighted by Crippen LogP contribution is 2.36. The Morgan fingerprint density at radius 2 is 1.96 bits per heavy atom. The number of rotatable bonds is 5. The second-order valence-corrected chi connectivity index (χ2v) is 7.82. The lowest BCUT2D eigenvalue weighted by atomic mass is 10.0. The number of nitrogens with one attached hydrogen (secondary N) is 2. The Kier molecular flexibility index (Phi) is 5.72. The van der Waals surface area contributed by atoms with Crippen LogP contribution in [-0.4, -0.2) is 35.3 Å². The van der Waals surface area contributed by atoms with Gasteiger partial charge in [0.2, 0.25) is 5.91 Å². The van der Waals surface area contributed by atoms with E-state index in [-0.39, 0.29) is 17.1 Å². The van der Waals surface area contributed by atoms with Crippen molar-refractivity contribution in [1.82, 2.24) is 5.32 Å². The lowest BCUT2D eigenvalue weighted by Gasteiger charge is -2.23. The van der Waals surface area contributed by atoms with E-state index in [9.17, 15) is 14.7 Å². The molecule has 6 nitrogen and oxygen atoms in total. The molecule has 0 saturated carbocycles. The number of carbonyl (C=O) groups is 2. The molecule has 2 aromatic rings. The van der Waals surface area contributed by atoms with E-state index in [0.29, 0.717) is 22.6 Å². The highest BCUT2D eigenvalue weighted by atomic mass is 32.2. The third-order valence-corrected chi connectivity index (χ3v) is 5.64. The number of hydrogen-bond acceptors (Lipinski definition) is 5. The molecular formula is C20H22N2O4S. The number of carbonyl (C=O) groups excluding carboxylic acids is 2. The van der Waals surface area contributed by atoms with Gasteiger partial charge in [-0.1, -0.05) is 12.1 Å². The second-order valence-electron chi connectivity index (χ2n) is 6.44. The molecule has 3 N–H and O–H groups in total. The first-order valence-corrected chi connectivity index (χ1v) is 9.51. The van der Waals surface area contributed by atoms with Crippen LogP contribution in [0.3, 0.4) is 0 Å². The molecule has 7 heteroatoms. The molecule has 3 rings (SSSR count). The summed E-state index contributed by atoms with van der Waals surface area (Å²) in [7, 11) is 1.58. The number of thioether (sulfide) groups is 1. The maximum atomic E-state index is 12.6. The normalized spacial score (nSPS) is 18.1. The van der Waals surface area contributed by atoms with Gasteiger partial charge in [-0.05, 0) is 49.7 Å². The van der Waals surface area contributed by atoms with Crippen LogP contribution in [-0.2, 0) is 4.79 Å². The number of methoxy groups -OCH3 is 1. The van der Waals surface area contributed by atoms with Crippen LogP contribution >= 0.6 is 11.8 Å². The average molecular weight is 386 g/mol. The Morgan fingerprint density at radius 1 is 1.26 bits per heavy atom. The smallest absolute Gasteiger partial charge is 0.251 e. The number of benzene rings is 2. The summed E-state index contributed by atoms with van der Waals surface area (Å²) in [6.45, 7) is 3.58. The van der Waals surface area contributed by atoms with Gasteiger partial charge in [0.1, 0.15) is 5.75 Å². The molecule has 0 bridgehead atoms. The number of fused-ring (bicyclic) bond motifs is 1. The largest absolute Gasteiger partial charge is 0.497 e. The van der Waals surface area contributed by atoms with Gasteiger partial charge in [-0.2, -0.15) is 0 Å². The quantitative estimate of drug-likeness (QED) is 0.735. The summed E-state index contributed by atoms with van der Waals surface area (Å²) in [6, 6.07) is 11.8. The minimum atomic E-state index is -0.853. The molecule has 1 aliphatic heterocycles. The van der Waals surface area contributed by atoms with Crippen molar-refractivity contribution in [2.75, 3.05) is 12.4 Å². The van der Waals surface area contributed by atoms with Crippen LogP contribution in [0.1, 0.15) is 35.9 Å². The molecule has 3 atom stereocenters. The minimum absolute atomic E-state index is 0.0756. The molecule has 1 heterocycles. The zero-order chi connectivity index (χ0) is 19.6. The van der Waals surface area contributed by atoms with Gasteiger partial charge in [-0.15, -0.1) is 11.8 Å². The summed E-state index contributed by atoms with van der Waals surface area (Å²) in [5.41, 5.74) is 1.75. The summed E-state index contributed by atoms with van der Waals surface area (Å²) >= 11 is 1.47.